The number of benzene rings is 1. The van der Waals surface area contributed by atoms with Crippen molar-refractivity contribution in [3.63, 3.8) is 0 Å². The summed E-state index contributed by atoms with van der Waals surface area (Å²) in [6.07, 6.45) is -0.480. The van der Waals surface area contributed by atoms with Gasteiger partial charge in [0, 0.05) is 38.3 Å². The van der Waals surface area contributed by atoms with Crippen LogP contribution in [0.2, 0.25) is 5.02 Å². The molecule has 19 heavy (non-hydrogen) atoms. The van der Waals surface area contributed by atoms with E-state index in [1.54, 1.807) is 4.90 Å². The van der Waals surface area contributed by atoms with Crippen LogP contribution >= 0.6 is 11.6 Å². The summed E-state index contributed by atoms with van der Waals surface area (Å²) >= 11 is 5.74. The number of nitro benzene ring substituents is 1. The Bertz CT molecular complexity index is 503. The van der Waals surface area contributed by atoms with E-state index in [0.717, 1.165) is 13.1 Å². The van der Waals surface area contributed by atoms with Gasteiger partial charge in [-0.2, -0.15) is 0 Å². The van der Waals surface area contributed by atoms with Crippen LogP contribution in [0, 0.1) is 10.1 Å². The van der Waals surface area contributed by atoms with Crippen molar-refractivity contribution in [3.8, 4) is 5.75 Å². The fourth-order valence-corrected chi connectivity index (χ4v) is 1.95. The normalized spacial score (nSPS) is 15.1. The second kappa shape index (κ2) is 5.85. The lowest BCUT2D eigenvalue weighted by molar-refractivity contribution is -0.384. The van der Waals surface area contributed by atoms with Gasteiger partial charge in [0.1, 0.15) is 10.8 Å². The number of carbonyl (C=O) groups is 1. The Hall–Kier alpha value is -1.86. The third-order valence-corrected chi connectivity index (χ3v) is 3.00. The van der Waals surface area contributed by atoms with Gasteiger partial charge >= 0.3 is 6.09 Å². The number of carbonyl (C=O) groups excluding carboxylic acids is 1. The van der Waals surface area contributed by atoms with Crippen LogP contribution in [-0.2, 0) is 0 Å². The zero-order chi connectivity index (χ0) is 13.8. The first kappa shape index (κ1) is 13.6. The fraction of sp³-hybridized carbons (Fsp3) is 0.364. The molecule has 1 fully saturated rings. The number of piperazine rings is 1. The molecule has 2 rings (SSSR count). The molecule has 0 aliphatic carbocycles. The smallest absolute Gasteiger partial charge is 0.410 e. The Morgan fingerprint density at radius 3 is 2.68 bits per heavy atom. The number of nitrogens with one attached hydrogen (secondary N) is 1. The third-order valence-electron chi connectivity index (χ3n) is 2.70. The molecule has 1 aliphatic rings. The molecule has 102 valence electrons. The van der Waals surface area contributed by atoms with Crippen LogP contribution in [0.25, 0.3) is 0 Å². The van der Waals surface area contributed by atoms with Gasteiger partial charge in [-0.05, 0) is 6.07 Å². The maximum atomic E-state index is 11.8. The molecule has 0 spiro atoms. The zero-order valence-corrected chi connectivity index (χ0v) is 10.7. The molecule has 1 N–H and O–H groups in total. The van der Waals surface area contributed by atoms with Gasteiger partial charge in [-0.3, -0.25) is 10.1 Å². The number of rotatable bonds is 2. The number of amides is 1. The van der Waals surface area contributed by atoms with Gasteiger partial charge in [0.05, 0.1) is 4.92 Å². The molecule has 1 heterocycles. The number of nitro groups is 1. The maximum absolute atomic E-state index is 11.8. The summed E-state index contributed by atoms with van der Waals surface area (Å²) in [4.78, 5) is 23.4. The van der Waals surface area contributed by atoms with Crippen molar-refractivity contribution in [1.82, 2.24) is 10.2 Å². The first-order valence-electron chi connectivity index (χ1n) is 5.69. The first-order chi connectivity index (χ1) is 9.08. The molecule has 1 saturated heterocycles. The van der Waals surface area contributed by atoms with Crippen molar-refractivity contribution in [2.24, 2.45) is 0 Å². The predicted octanol–water partition coefficient (Wildman–Crippen LogP) is 1.65. The zero-order valence-electron chi connectivity index (χ0n) is 9.97. The SMILES string of the molecule is O=C(Oc1ccc([N+](=O)[O-])c(Cl)c1)N1CCNCC1. The molecule has 0 radical (unpaired) electrons. The monoisotopic (exact) mass is 285 g/mol. The van der Waals surface area contributed by atoms with E-state index >= 15 is 0 Å². The maximum Gasteiger partial charge on any atom is 0.415 e. The van der Waals surface area contributed by atoms with Gasteiger partial charge in [0.2, 0.25) is 0 Å². The highest BCUT2D eigenvalue weighted by Gasteiger charge is 2.19. The second-order valence-electron chi connectivity index (χ2n) is 3.98. The highest BCUT2D eigenvalue weighted by molar-refractivity contribution is 6.32. The Labute approximate surface area is 114 Å². The predicted molar refractivity (Wildman–Crippen MR) is 68.6 cm³/mol. The van der Waals surface area contributed by atoms with Gasteiger partial charge in [0.25, 0.3) is 5.69 Å². The van der Waals surface area contributed by atoms with Gasteiger partial charge in [-0.25, -0.2) is 4.79 Å². The number of halogens is 1. The quantitative estimate of drug-likeness (QED) is 0.660. The van der Waals surface area contributed by atoms with Gasteiger partial charge in [-0.1, -0.05) is 11.6 Å². The molecule has 1 aromatic rings. The molecule has 8 heteroatoms. The summed E-state index contributed by atoms with van der Waals surface area (Å²) in [5.41, 5.74) is -0.219. The molecule has 0 unspecified atom stereocenters. The van der Waals surface area contributed by atoms with Gasteiger partial charge in [0.15, 0.2) is 0 Å². The van der Waals surface area contributed by atoms with Crippen molar-refractivity contribution in [1.29, 1.82) is 0 Å². The molecule has 0 bridgehead atoms. The lowest BCUT2D eigenvalue weighted by Crippen LogP contribution is -2.47. The molecule has 0 saturated carbocycles. The average molecular weight is 286 g/mol. The lowest BCUT2D eigenvalue weighted by atomic mass is 10.3. The van der Waals surface area contributed by atoms with Gasteiger partial charge < -0.3 is 15.0 Å². The Kier molecular flexibility index (Phi) is 4.18. The van der Waals surface area contributed by atoms with E-state index in [1.165, 1.54) is 18.2 Å². The third kappa shape index (κ3) is 3.33. The Morgan fingerprint density at radius 1 is 1.42 bits per heavy atom. The van der Waals surface area contributed by atoms with E-state index in [9.17, 15) is 14.9 Å². The molecule has 0 atom stereocenters. The largest absolute Gasteiger partial charge is 0.415 e. The second-order valence-corrected chi connectivity index (χ2v) is 4.38. The molecule has 1 amide bonds. The number of nitrogens with zero attached hydrogens (tertiary/aromatic N) is 2. The van der Waals surface area contributed by atoms with E-state index < -0.39 is 11.0 Å². The summed E-state index contributed by atoms with van der Waals surface area (Å²) in [6, 6.07) is 3.83. The molecule has 0 aromatic heterocycles. The summed E-state index contributed by atoms with van der Waals surface area (Å²) in [6.45, 7) is 2.57. The highest BCUT2D eigenvalue weighted by Crippen LogP contribution is 2.28. The Morgan fingerprint density at radius 2 is 2.11 bits per heavy atom. The summed E-state index contributed by atoms with van der Waals surface area (Å²) in [5, 5.41) is 13.7. The van der Waals surface area contributed by atoms with Gasteiger partial charge in [-0.15, -0.1) is 0 Å². The van der Waals surface area contributed by atoms with Crippen LogP contribution in [0.3, 0.4) is 0 Å². The molecule has 7 nitrogen and oxygen atoms in total. The van der Waals surface area contributed by atoms with Crippen LogP contribution in [0.5, 0.6) is 5.75 Å². The summed E-state index contributed by atoms with van der Waals surface area (Å²) in [5.74, 6) is 0.194. The molecular formula is C11H12ClN3O4. The highest BCUT2D eigenvalue weighted by atomic mass is 35.5. The minimum atomic E-state index is -0.593. The molecule has 1 aliphatic heterocycles. The van der Waals surface area contributed by atoms with E-state index in [2.05, 4.69) is 5.32 Å². The molecule has 1 aromatic carbocycles. The average Bonchev–Trinajstić information content (AvgIpc) is 2.39. The summed E-state index contributed by atoms with van der Waals surface area (Å²) in [7, 11) is 0. The van der Waals surface area contributed by atoms with E-state index in [4.69, 9.17) is 16.3 Å². The van der Waals surface area contributed by atoms with Crippen molar-refractivity contribution >= 4 is 23.4 Å². The minimum absolute atomic E-state index is 0.0596. The first-order valence-corrected chi connectivity index (χ1v) is 6.07. The number of ether oxygens (including phenoxy) is 1. The van der Waals surface area contributed by atoms with Crippen molar-refractivity contribution < 1.29 is 14.5 Å². The van der Waals surface area contributed by atoms with E-state index in [1.807, 2.05) is 0 Å². The van der Waals surface area contributed by atoms with Crippen molar-refractivity contribution in [2.75, 3.05) is 26.2 Å². The molecular weight excluding hydrogens is 274 g/mol. The Balaban J connectivity index is 2.04. The number of hydrogen-bond acceptors (Lipinski definition) is 5. The van der Waals surface area contributed by atoms with Crippen LogP contribution < -0.4 is 10.1 Å². The lowest BCUT2D eigenvalue weighted by Gasteiger charge is -2.26. The topological polar surface area (TPSA) is 84.7 Å². The van der Waals surface area contributed by atoms with Crippen LogP contribution in [0.1, 0.15) is 0 Å². The van der Waals surface area contributed by atoms with Crippen LogP contribution in [-0.4, -0.2) is 42.1 Å². The van der Waals surface area contributed by atoms with Crippen molar-refractivity contribution in [3.05, 3.63) is 33.3 Å². The van der Waals surface area contributed by atoms with Crippen molar-refractivity contribution in [2.45, 2.75) is 0 Å². The van der Waals surface area contributed by atoms with Crippen LogP contribution in [0.15, 0.2) is 18.2 Å². The summed E-state index contributed by atoms with van der Waals surface area (Å²) < 4.78 is 5.12. The van der Waals surface area contributed by atoms with Crippen LogP contribution in [0.4, 0.5) is 10.5 Å². The standard InChI is InChI=1S/C11H12ClN3O4/c12-9-7-8(1-2-10(9)15(17)18)19-11(16)14-5-3-13-4-6-14/h1-2,7,13H,3-6H2. The minimum Gasteiger partial charge on any atom is -0.410 e. The number of hydrogen-bond donors (Lipinski definition) is 1. The van der Waals surface area contributed by atoms with E-state index in [0.29, 0.717) is 13.1 Å². The van der Waals surface area contributed by atoms with E-state index in [-0.39, 0.29) is 16.5 Å². The fourth-order valence-electron chi connectivity index (χ4n) is 1.71.